The third-order valence-corrected chi connectivity index (χ3v) is 1.71. The summed E-state index contributed by atoms with van der Waals surface area (Å²) in [6.45, 7) is 4.54. The average molecular weight is 180 g/mol. The molecule has 0 aromatic heterocycles. The van der Waals surface area contributed by atoms with E-state index in [9.17, 15) is 0 Å². The molecule has 0 aliphatic heterocycles. The molecule has 13 heavy (non-hydrogen) atoms. The molecular weight excluding hydrogens is 164 g/mol. The number of likely N-dealkylation sites (N-methyl/N-ethyl adjacent to an activating group) is 1. The van der Waals surface area contributed by atoms with Crippen LogP contribution in [0, 0.1) is 0 Å². The van der Waals surface area contributed by atoms with E-state index in [1.165, 1.54) is 0 Å². The maximum Gasteiger partial charge on any atom is 0.142 e. The van der Waals surface area contributed by atoms with E-state index < -0.39 is 0 Å². The highest BCUT2D eigenvalue weighted by atomic mass is 16.5. The zero-order valence-corrected chi connectivity index (χ0v) is 7.92. The summed E-state index contributed by atoms with van der Waals surface area (Å²) >= 11 is 0. The first kappa shape index (κ1) is 9.86. The quantitative estimate of drug-likeness (QED) is 0.529. The first-order valence-electron chi connectivity index (χ1n) is 4.52. The monoisotopic (exact) mass is 180 g/mol. The standard InChI is InChI=1S/C10H16N2O/c1-2-12-7-8-13-10-6-4-3-5-9(10)11/h3-6,12H,2,7-8,11H2,1H3. The number of hydrogen-bond donors (Lipinski definition) is 2. The van der Waals surface area contributed by atoms with Crippen LogP contribution in [0.3, 0.4) is 0 Å². The zero-order chi connectivity index (χ0) is 9.52. The van der Waals surface area contributed by atoms with Gasteiger partial charge in [0.2, 0.25) is 0 Å². The molecule has 3 heteroatoms. The van der Waals surface area contributed by atoms with Crippen molar-refractivity contribution in [1.29, 1.82) is 0 Å². The van der Waals surface area contributed by atoms with Crippen LogP contribution in [0.25, 0.3) is 0 Å². The lowest BCUT2D eigenvalue weighted by Crippen LogP contribution is -2.20. The van der Waals surface area contributed by atoms with E-state index in [0.29, 0.717) is 12.3 Å². The number of anilines is 1. The third kappa shape index (κ3) is 3.34. The maximum absolute atomic E-state index is 5.69. The van der Waals surface area contributed by atoms with E-state index in [1.807, 2.05) is 24.3 Å². The van der Waals surface area contributed by atoms with Gasteiger partial charge < -0.3 is 15.8 Å². The second kappa shape index (κ2) is 5.43. The second-order valence-electron chi connectivity index (χ2n) is 2.74. The number of nitrogen functional groups attached to an aromatic ring is 1. The van der Waals surface area contributed by atoms with Gasteiger partial charge in [0.1, 0.15) is 12.4 Å². The zero-order valence-electron chi connectivity index (χ0n) is 7.92. The summed E-state index contributed by atoms with van der Waals surface area (Å²) in [5.41, 5.74) is 6.38. The highest BCUT2D eigenvalue weighted by Gasteiger charge is 1.96. The maximum atomic E-state index is 5.69. The van der Waals surface area contributed by atoms with Gasteiger partial charge in [-0.15, -0.1) is 0 Å². The van der Waals surface area contributed by atoms with Crippen LogP contribution < -0.4 is 15.8 Å². The first-order chi connectivity index (χ1) is 6.34. The van der Waals surface area contributed by atoms with Crippen molar-refractivity contribution in [2.24, 2.45) is 0 Å². The molecular formula is C10H16N2O. The van der Waals surface area contributed by atoms with E-state index in [1.54, 1.807) is 0 Å². The molecule has 0 amide bonds. The molecule has 0 saturated carbocycles. The average Bonchev–Trinajstić information content (AvgIpc) is 2.15. The van der Waals surface area contributed by atoms with E-state index in [-0.39, 0.29) is 0 Å². The van der Waals surface area contributed by atoms with Gasteiger partial charge in [0.25, 0.3) is 0 Å². The summed E-state index contributed by atoms with van der Waals surface area (Å²) in [6.07, 6.45) is 0. The number of benzene rings is 1. The SMILES string of the molecule is CCNCCOc1ccccc1N. The Morgan fingerprint density at radius 2 is 2.15 bits per heavy atom. The van der Waals surface area contributed by atoms with Crippen molar-refractivity contribution in [3.05, 3.63) is 24.3 Å². The van der Waals surface area contributed by atoms with E-state index in [0.717, 1.165) is 18.8 Å². The number of rotatable bonds is 5. The van der Waals surface area contributed by atoms with Crippen LogP contribution in [0.4, 0.5) is 5.69 Å². The van der Waals surface area contributed by atoms with Crippen molar-refractivity contribution in [2.45, 2.75) is 6.92 Å². The lowest BCUT2D eigenvalue weighted by Gasteiger charge is -2.08. The molecule has 1 aromatic carbocycles. The summed E-state index contributed by atoms with van der Waals surface area (Å²) in [4.78, 5) is 0. The lowest BCUT2D eigenvalue weighted by atomic mass is 10.3. The molecule has 3 N–H and O–H groups in total. The summed E-state index contributed by atoms with van der Waals surface area (Å²) in [6, 6.07) is 7.52. The van der Waals surface area contributed by atoms with Gasteiger partial charge in [-0.25, -0.2) is 0 Å². The van der Waals surface area contributed by atoms with Gasteiger partial charge in [0.05, 0.1) is 5.69 Å². The molecule has 0 radical (unpaired) electrons. The number of hydrogen-bond acceptors (Lipinski definition) is 3. The largest absolute Gasteiger partial charge is 0.490 e. The topological polar surface area (TPSA) is 47.3 Å². The van der Waals surface area contributed by atoms with E-state index in [2.05, 4.69) is 12.2 Å². The Hall–Kier alpha value is -1.22. The molecule has 1 aromatic rings. The van der Waals surface area contributed by atoms with Crippen molar-refractivity contribution < 1.29 is 4.74 Å². The molecule has 72 valence electrons. The van der Waals surface area contributed by atoms with Crippen LogP contribution >= 0.6 is 0 Å². The molecule has 0 bridgehead atoms. The molecule has 0 aliphatic rings. The smallest absolute Gasteiger partial charge is 0.142 e. The van der Waals surface area contributed by atoms with Crippen molar-refractivity contribution in [3.63, 3.8) is 0 Å². The summed E-state index contributed by atoms with van der Waals surface area (Å²) in [5, 5.41) is 3.17. The molecule has 0 atom stereocenters. The predicted octanol–water partition coefficient (Wildman–Crippen LogP) is 1.26. The van der Waals surface area contributed by atoms with Crippen molar-refractivity contribution >= 4 is 5.69 Å². The van der Waals surface area contributed by atoms with Crippen molar-refractivity contribution in [2.75, 3.05) is 25.4 Å². The summed E-state index contributed by atoms with van der Waals surface area (Å²) < 4.78 is 5.45. The molecule has 0 fully saturated rings. The van der Waals surface area contributed by atoms with Gasteiger partial charge in [-0.2, -0.15) is 0 Å². The van der Waals surface area contributed by atoms with Crippen molar-refractivity contribution in [1.82, 2.24) is 5.32 Å². The van der Waals surface area contributed by atoms with Crippen LogP contribution in [0.5, 0.6) is 5.75 Å². The number of para-hydroxylation sites is 2. The normalized spacial score (nSPS) is 9.92. The fourth-order valence-corrected chi connectivity index (χ4v) is 1.02. The van der Waals surface area contributed by atoms with E-state index >= 15 is 0 Å². The number of ether oxygens (including phenoxy) is 1. The molecule has 0 heterocycles. The van der Waals surface area contributed by atoms with Gasteiger partial charge in [-0.3, -0.25) is 0 Å². The Bertz CT molecular complexity index is 250. The minimum absolute atomic E-state index is 0.655. The Morgan fingerprint density at radius 3 is 2.85 bits per heavy atom. The summed E-state index contributed by atoms with van der Waals surface area (Å²) in [7, 11) is 0. The molecule has 0 aliphatic carbocycles. The number of nitrogens with two attached hydrogens (primary N) is 1. The van der Waals surface area contributed by atoms with Gasteiger partial charge in [0.15, 0.2) is 0 Å². The molecule has 0 spiro atoms. The van der Waals surface area contributed by atoms with Gasteiger partial charge in [-0.05, 0) is 18.7 Å². The predicted molar refractivity (Wildman–Crippen MR) is 54.9 cm³/mol. The molecule has 0 unspecified atom stereocenters. The second-order valence-corrected chi connectivity index (χ2v) is 2.74. The van der Waals surface area contributed by atoms with Crippen molar-refractivity contribution in [3.8, 4) is 5.75 Å². The first-order valence-corrected chi connectivity index (χ1v) is 4.52. The van der Waals surface area contributed by atoms with Gasteiger partial charge in [0, 0.05) is 6.54 Å². The van der Waals surface area contributed by atoms with E-state index in [4.69, 9.17) is 10.5 Å². The Balaban J connectivity index is 2.32. The minimum atomic E-state index is 0.655. The van der Waals surface area contributed by atoms with Crippen LogP contribution in [0.15, 0.2) is 24.3 Å². The third-order valence-electron chi connectivity index (χ3n) is 1.71. The van der Waals surface area contributed by atoms with Crippen LogP contribution in [-0.4, -0.2) is 19.7 Å². The molecule has 1 rings (SSSR count). The molecule has 3 nitrogen and oxygen atoms in total. The summed E-state index contributed by atoms with van der Waals surface area (Å²) in [5.74, 6) is 0.764. The fraction of sp³-hybridized carbons (Fsp3) is 0.400. The highest BCUT2D eigenvalue weighted by Crippen LogP contribution is 2.19. The van der Waals surface area contributed by atoms with Crippen LogP contribution in [-0.2, 0) is 0 Å². The Labute approximate surface area is 78.9 Å². The Morgan fingerprint density at radius 1 is 1.38 bits per heavy atom. The van der Waals surface area contributed by atoms with Gasteiger partial charge >= 0.3 is 0 Å². The van der Waals surface area contributed by atoms with Crippen LogP contribution in [0.2, 0.25) is 0 Å². The lowest BCUT2D eigenvalue weighted by molar-refractivity contribution is 0.317. The molecule has 0 saturated heterocycles. The van der Waals surface area contributed by atoms with Crippen LogP contribution in [0.1, 0.15) is 6.92 Å². The van der Waals surface area contributed by atoms with Gasteiger partial charge in [-0.1, -0.05) is 19.1 Å². The minimum Gasteiger partial charge on any atom is -0.490 e. The number of nitrogens with one attached hydrogen (secondary N) is 1. The fourth-order valence-electron chi connectivity index (χ4n) is 1.02. The Kier molecular flexibility index (Phi) is 4.12. The highest BCUT2D eigenvalue weighted by molar-refractivity contribution is 5.51.